The Kier molecular flexibility index (Phi) is 3.00. The fourth-order valence-electron chi connectivity index (χ4n) is 2.53. The number of hydrogen-bond donors (Lipinski definition) is 2. The van der Waals surface area contributed by atoms with E-state index >= 15 is 0 Å². The van der Waals surface area contributed by atoms with Gasteiger partial charge in [0.15, 0.2) is 11.5 Å². The summed E-state index contributed by atoms with van der Waals surface area (Å²) in [5, 5.41) is 22.3. The number of anilines is 1. The van der Waals surface area contributed by atoms with Crippen molar-refractivity contribution < 1.29 is 14.4 Å². The third kappa shape index (κ3) is 2.39. The van der Waals surface area contributed by atoms with E-state index < -0.39 is 4.92 Å². The minimum Gasteiger partial charge on any atom is -0.454 e. The van der Waals surface area contributed by atoms with Crippen LogP contribution in [0.1, 0.15) is 5.56 Å². The molecule has 1 aliphatic rings. The van der Waals surface area contributed by atoms with Gasteiger partial charge >= 0.3 is 0 Å². The van der Waals surface area contributed by atoms with E-state index in [9.17, 15) is 10.1 Å². The van der Waals surface area contributed by atoms with E-state index in [0.717, 1.165) is 16.6 Å². The van der Waals surface area contributed by atoms with Gasteiger partial charge < -0.3 is 14.8 Å². The number of fused-ring (bicyclic) bond motifs is 2. The fourth-order valence-corrected chi connectivity index (χ4v) is 2.53. The Balaban J connectivity index is 1.61. The number of nitro groups is 1. The highest BCUT2D eigenvalue weighted by atomic mass is 16.7. The molecule has 0 unspecified atom stereocenters. The molecule has 0 atom stereocenters. The maximum absolute atomic E-state index is 11.2. The van der Waals surface area contributed by atoms with Crippen LogP contribution < -0.4 is 14.8 Å². The lowest BCUT2D eigenvalue weighted by atomic mass is 10.1. The maximum Gasteiger partial charge on any atom is 0.278 e. The molecule has 23 heavy (non-hydrogen) atoms. The lowest BCUT2D eigenvalue weighted by Gasteiger charge is -2.08. The van der Waals surface area contributed by atoms with Gasteiger partial charge in [-0.15, -0.1) is 0 Å². The Morgan fingerprint density at radius 1 is 1.26 bits per heavy atom. The Labute approximate surface area is 130 Å². The largest absolute Gasteiger partial charge is 0.454 e. The molecule has 8 nitrogen and oxygen atoms in total. The van der Waals surface area contributed by atoms with Gasteiger partial charge in [-0.1, -0.05) is 0 Å². The zero-order valence-electron chi connectivity index (χ0n) is 11.9. The summed E-state index contributed by atoms with van der Waals surface area (Å²) in [6.45, 7) is 0.381. The second-order valence-corrected chi connectivity index (χ2v) is 5.12. The standard InChI is InChI=1S/C15H12N4O4/c20-19(21)13-5-15-14(22-8-23-15)3-10(13)6-16-11-2-1-9-7-17-18-12(9)4-11/h1-5,7,16H,6,8H2,(H,17,18). The van der Waals surface area contributed by atoms with Crippen molar-refractivity contribution in [1.82, 2.24) is 10.2 Å². The van der Waals surface area contributed by atoms with Crippen molar-refractivity contribution in [2.45, 2.75) is 6.54 Å². The summed E-state index contributed by atoms with van der Waals surface area (Å²) in [6.07, 6.45) is 1.74. The summed E-state index contributed by atoms with van der Waals surface area (Å²) < 4.78 is 10.5. The summed E-state index contributed by atoms with van der Waals surface area (Å²) in [4.78, 5) is 10.8. The van der Waals surface area contributed by atoms with Gasteiger partial charge in [-0.3, -0.25) is 15.2 Å². The third-order valence-electron chi connectivity index (χ3n) is 3.70. The SMILES string of the molecule is O=[N+]([O-])c1cc2c(cc1CNc1ccc3cn[nH]c3c1)OCO2. The predicted octanol–water partition coefficient (Wildman–Crippen LogP) is 2.81. The zero-order chi connectivity index (χ0) is 15.8. The first-order valence-electron chi connectivity index (χ1n) is 6.94. The highest BCUT2D eigenvalue weighted by Gasteiger charge is 2.23. The number of nitrogens with one attached hydrogen (secondary N) is 2. The summed E-state index contributed by atoms with van der Waals surface area (Å²) in [7, 11) is 0. The van der Waals surface area contributed by atoms with E-state index in [-0.39, 0.29) is 12.5 Å². The quantitative estimate of drug-likeness (QED) is 0.567. The Bertz CT molecular complexity index is 906. The molecule has 0 spiro atoms. The van der Waals surface area contributed by atoms with Crippen LogP contribution in [0.15, 0.2) is 36.5 Å². The second kappa shape index (κ2) is 5.16. The van der Waals surface area contributed by atoms with Crippen LogP contribution in [0.5, 0.6) is 11.5 Å². The van der Waals surface area contributed by atoms with Gasteiger partial charge in [-0.25, -0.2) is 0 Å². The van der Waals surface area contributed by atoms with E-state index in [0.29, 0.717) is 23.6 Å². The monoisotopic (exact) mass is 312 g/mol. The molecule has 1 aliphatic heterocycles. The number of aromatic amines is 1. The second-order valence-electron chi connectivity index (χ2n) is 5.12. The molecule has 2 N–H and O–H groups in total. The van der Waals surface area contributed by atoms with E-state index in [4.69, 9.17) is 9.47 Å². The number of rotatable bonds is 4. The van der Waals surface area contributed by atoms with Crippen LogP contribution in [0.4, 0.5) is 11.4 Å². The predicted molar refractivity (Wildman–Crippen MR) is 82.6 cm³/mol. The van der Waals surface area contributed by atoms with Crippen molar-refractivity contribution >= 4 is 22.3 Å². The highest BCUT2D eigenvalue weighted by Crippen LogP contribution is 2.38. The highest BCUT2D eigenvalue weighted by molar-refractivity contribution is 5.81. The molecule has 4 rings (SSSR count). The average Bonchev–Trinajstić information content (AvgIpc) is 3.19. The lowest BCUT2D eigenvalue weighted by molar-refractivity contribution is -0.385. The Morgan fingerprint density at radius 2 is 2.09 bits per heavy atom. The first-order valence-corrected chi connectivity index (χ1v) is 6.94. The number of benzene rings is 2. The normalized spacial score (nSPS) is 12.5. The van der Waals surface area contributed by atoms with Gasteiger partial charge in [0.1, 0.15) is 0 Å². The molecule has 0 saturated heterocycles. The first kappa shape index (κ1) is 13.4. The summed E-state index contributed by atoms with van der Waals surface area (Å²) >= 11 is 0. The van der Waals surface area contributed by atoms with E-state index in [1.165, 1.54) is 6.07 Å². The van der Waals surface area contributed by atoms with Crippen LogP contribution in [0, 0.1) is 10.1 Å². The molecule has 0 saturated carbocycles. The van der Waals surface area contributed by atoms with Crippen LogP contribution in [-0.2, 0) is 6.54 Å². The van der Waals surface area contributed by atoms with E-state index in [1.54, 1.807) is 12.3 Å². The molecular formula is C15H12N4O4. The zero-order valence-corrected chi connectivity index (χ0v) is 11.9. The molecule has 116 valence electrons. The average molecular weight is 312 g/mol. The third-order valence-corrected chi connectivity index (χ3v) is 3.70. The molecule has 0 fully saturated rings. The van der Waals surface area contributed by atoms with Gasteiger partial charge in [-0.2, -0.15) is 5.10 Å². The van der Waals surface area contributed by atoms with Gasteiger partial charge in [-0.05, 0) is 24.3 Å². The van der Waals surface area contributed by atoms with E-state index in [2.05, 4.69) is 15.5 Å². The summed E-state index contributed by atoms with van der Waals surface area (Å²) in [5.74, 6) is 0.927. The minimum absolute atomic E-state index is 0.00404. The number of H-pyrrole nitrogens is 1. The lowest BCUT2D eigenvalue weighted by Crippen LogP contribution is -2.03. The Hall–Kier alpha value is -3.29. The van der Waals surface area contributed by atoms with Gasteiger partial charge in [0.2, 0.25) is 6.79 Å². The number of nitro benzene ring substituents is 1. The molecule has 8 heteroatoms. The van der Waals surface area contributed by atoms with Crippen LogP contribution >= 0.6 is 0 Å². The van der Waals surface area contributed by atoms with Gasteiger partial charge in [0.25, 0.3) is 5.69 Å². The van der Waals surface area contributed by atoms with Gasteiger partial charge in [0, 0.05) is 17.6 Å². The molecule has 0 bridgehead atoms. The van der Waals surface area contributed by atoms with Crippen molar-refractivity contribution in [1.29, 1.82) is 0 Å². The molecule has 0 amide bonds. The molecule has 1 aromatic heterocycles. The summed E-state index contributed by atoms with van der Waals surface area (Å²) in [6, 6.07) is 8.77. The Morgan fingerprint density at radius 3 is 2.91 bits per heavy atom. The van der Waals surface area contributed by atoms with Crippen LogP contribution in [0.2, 0.25) is 0 Å². The number of ether oxygens (including phenoxy) is 2. The number of aromatic nitrogens is 2. The molecule has 2 aromatic carbocycles. The van der Waals surface area contributed by atoms with Crippen molar-refractivity contribution in [3.05, 3.63) is 52.2 Å². The summed E-state index contributed by atoms with van der Waals surface area (Å²) in [5.41, 5.74) is 2.28. The molecule has 0 radical (unpaired) electrons. The first-order chi connectivity index (χ1) is 11.2. The fraction of sp³-hybridized carbons (Fsp3) is 0.133. The van der Waals surface area contributed by atoms with Gasteiger partial charge in [0.05, 0.1) is 28.3 Å². The van der Waals surface area contributed by atoms with Crippen molar-refractivity contribution in [3.63, 3.8) is 0 Å². The van der Waals surface area contributed by atoms with Crippen molar-refractivity contribution in [3.8, 4) is 11.5 Å². The van der Waals surface area contributed by atoms with Crippen LogP contribution in [-0.4, -0.2) is 21.9 Å². The number of hydrogen-bond acceptors (Lipinski definition) is 6. The molecular weight excluding hydrogens is 300 g/mol. The van der Waals surface area contributed by atoms with Crippen LogP contribution in [0.3, 0.4) is 0 Å². The number of nitrogens with zero attached hydrogens (tertiary/aromatic N) is 2. The maximum atomic E-state index is 11.2. The van der Waals surface area contributed by atoms with E-state index in [1.807, 2.05) is 18.2 Å². The topological polar surface area (TPSA) is 102 Å². The smallest absolute Gasteiger partial charge is 0.278 e. The van der Waals surface area contributed by atoms with Crippen molar-refractivity contribution in [2.75, 3.05) is 12.1 Å². The molecule has 3 aromatic rings. The molecule has 2 heterocycles. The van der Waals surface area contributed by atoms with Crippen LogP contribution in [0.25, 0.3) is 10.9 Å². The van der Waals surface area contributed by atoms with Crippen molar-refractivity contribution in [2.24, 2.45) is 0 Å². The molecule has 0 aliphatic carbocycles. The minimum atomic E-state index is -0.420.